The third kappa shape index (κ3) is 1.75. The van der Waals surface area contributed by atoms with Gasteiger partial charge in [0.25, 0.3) is 0 Å². The Morgan fingerprint density at radius 2 is 2.11 bits per heavy atom. The zero-order valence-corrected chi connectivity index (χ0v) is 9.22. The molecule has 18 heavy (non-hydrogen) atoms. The van der Waals surface area contributed by atoms with Crippen LogP contribution in [0.1, 0.15) is 0 Å². The highest BCUT2D eigenvalue weighted by Gasteiger charge is 2.08. The van der Waals surface area contributed by atoms with Crippen LogP contribution < -0.4 is 5.69 Å². The topological polar surface area (TPSA) is 58.6 Å². The van der Waals surface area contributed by atoms with Crippen molar-refractivity contribution in [1.82, 2.24) is 15.0 Å². The Bertz CT molecular complexity index is 768. The molecule has 1 aromatic carbocycles. The molecule has 3 rings (SSSR count). The standard InChI is InChI=1S/C13H8FN3O/c14-9-3-4-11-10(6-9)12(17-13(18)16-11)8-2-1-5-15-7-8/h1-7H,(H,16,17,18). The summed E-state index contributed by atoms with van der Waals surface area (Å²) in [4.78, 5) is 21.9. The van der Waals surface area contributed by atoms with Crippen LogP contribution in [0.3, 0.4) is 0 Å². The van der Waals surface area contributed by atoms with Gasteiger partial charge in [-0.25, -0.2) is 9.18 Å². The van der Waals surface area contributed by atoms with E-state index in [9.17, 15) is 9.18 Å². The van der Waals surface area contributed by atoms with Crippen LogP contribution in [0.4, 0.5) is 4.39 Å². The van der Waals surface area contributed by atoms with Gasteiger partial charge in [-0.2, -0.15) is 4.98 Å². The highest BCUT2D eigenvalue weighted by Crippen LogP contribution is 2.23. The predicted octanol–water partition coefficient (Wildman–Crippen LogP) is 2.12. The van der Waals surface area contributed by atoms with Crippen LogP contribution in [0.25, 0.3) is 22.2 Å². The number of rotatable bonds is 1. The van der Waals surface area contributed by atoms with Crippen LogP contribution in [-0.4, -0.2) is 15.0 Å². The second-order valence-corrected chi connectivity index (χ2v) is 3.82. The van der Waals surface area contributed by atoms with Gasteiger partial charge in [0.1, 0.15) is 5.82 Å². The van der Waals surface area contributed by atoms with Gasteiger partial charge in [-0.3, -0.25) is 4.98 Å². The van der Waals surface area contributed by atoms with Crippen LogP contribution >= 0.6 is 0 Å². The summed E-state index contributed by atoms with van der Waals surface area (Å²) in [6, 6.07) is 7.68. The fraction of sp³-hybridized carbons (Fsp3) is 0. The monoisotopic (exact) mass is 241 g/mol. The molecule has 5 heteroatoms. The molecule has 0 spiro atoms. The van der Waals surface area contributed by atoms with Crippen molar-refractivity contribution in [3.05, 3.63) is 59.0 Å². The van der Waals surface area contributed by atoms with Gasteiger partial charge >= 0.3 is 5.69 Å². The minimum absolute atomic E-state index is 0.374. The molecule has 2 aromatic heterocycles. The van der Waals surface area contributed by atoms with Gasteiger partial charge in [0, 0.05) is 23.3 Å². The van der Waals surface area contributed by atoms with Crippen LogP contribution in [0.5, 0.6) is 0 Å². The van der Waals surface area contributed by atoms with Crippen LogP contribution in [0.2, 0.25) is 0 Å². The zero-order chi connectivity index (χ0) is 12.5. The van der Waals surface area contributed by atoms with Gasteiger partial charge in [-0.05, 0) is 30.3 Å². The van der Waals surface area contributed by atoms with E-state index < -0.39 is 5.69 Å². The molecular formula is C13H8FN3O. The summed E-state index contributed by atoms with van der Waals surface area (Å²) in [5.74, 6) is -0.374. The summed E-state index contributed by atoms with van der Waals surface area (Å²) in [6.45, 7) is 0. The quantitative estimate of drug-likeness (QED) is 0.710. The first-order chi connectivity index (χ1) is 8.74. The number of pyridine rings is 1. The molecule has 3 aromatic rings. The molecule has 0 saturated carbocycles. The first kappa shape index (κ1) is 10.6. The lowest BCUT2D eigenvalue weighted by Gasteiger charge is -2.04. The number of benzene rings is 1. The molecule has 4 nitrogen and oxygen atoms in total. The van der Waals surface area contributed by atoms with E-state index in [1.807, 2.05) is 0 Å². The predicted molar refractivity (Wildman–Crippen MR) is 65.6 cm³/mol. The lowest BCUT2D eigenvalue weighted by atomic mass is 10.1. The van der Waals surface area contributed by atoms with Crippen LogP contribution in [0, 0.1) is 5.82 Å². The molecule has 1 N–H and O–H groups in total. The number of nitrogens with one attached hydrogen (secondary N) is 1. The smallest absolute Gasteiger partial charge is 0.305 e. The minimum atomic E-state index is -0.465. The Hall–Kier alpha value is -2.56. The van der Waals surface area contributed by atoms with E-state index >= 15 is 0 Å². The van der Waals surface area contributed by atoms with Gasteiger partial charge in [0.2, 0.25) is 0 Å². The van der Waals surface area contributed by atoms with Crippen molar-refractivity contribution in [2.24, 2.45) is 0 Å². The summed E-state index contributed by atoms with van der Waals surface area (Å²) < 4.78 is 13.3. The molecular weight excluding hydrogens is 233 g/mol. The number of H-pyrrole nitrogens is 1. The zero-order valence-electron chi connectivity index (χ0n) is 9.22. The van der Waals surface area contributed by atoms with Gasteiger partial charge in [0.05, 0.1) is 11.2 Å². The van der Waals surface area contributed by atoms with E-state index in [2.05, 4.69) is 15.0 Å². The van der Waals surface area contributed by atoms with E-state index in [1.165, 1.54) is 18.2 Å². The average Bonchev–Trinajstić information content (AvgIpc) is 2.39. The Labute approximate surface area is 101 Å². The molecule has 2 heterocycles. The SMILES string of the molecule is O=c1nc(-c2cccnc2)c2cc(F)ccc2[nH]1. The molecule has 0 bridgehead atoms. The third-order valence-corrected chi connectivity index (χ3v) is 2.63. The van der Waals surface area contributed by atoms with Gasteiger partial charge < -0.3 is 4.98 Å². The Kier molecular flexibility index (Phi) is 2.37. The largest absolute Gasteiger partial charge is 0.345 e. The molecule has 88 valence electrons. The first-order valence-electron chi connectivity index (χ1n) is 5.34. The molecule has 0 aliphatic carbocycles. The normalized spacial score (nSPS) is 10.7. The fourth-order valence-corrected chi connectivity index (χ4v) is 1.85. The fourth-order valence-electron chi connectivity index (χ4n) is 1.85. The first-order valence-corrected chi connectivity index (χ1v) is 5.34. The molecule has 0 amide bonds. The highest BCUT2D eigenvalue weighted by atomic mass is 19.1. The van der Waals surface area contributed by atoms with Crippen molar-refractivity contribution < 1.29 is 4.39 Å². The maximum Gasteiger partial charge on any atom is 0.345 e. The molecule has 0 radical (unpaired) electrons. The second kappa shape index (κ2) is 4.03. The lowest BCUT2D eigenvalue weighted by Crippen LogP contribution is -2.11. The van der Waals surface area contributed by atoms with E-state index in [-0.39, 0.29) is 5.82 Å². The number of hydrogen-bond donors (Lipinski definition) is 1. The summed E-state index contributed by atoms with van der Waals surface area (Å²) in [5, 5.41) is 0.558. The van der Waals surface area contributed by atoms with Crippen molar-refractivity contribution >= 4 is 10.9 Å². The molecule has 0 saturated heterocycles. The molecule has 0 unspecified atom stereocenters. The molecule has 0 fully saturated rings. The number of nitrogens with zero attached hydrogens (tertiary/aromatic N) is 2. The summed E-state index contributed by atoms with van der Waals surface area (Å²) in [5.41, 5.74) is 1.20. The average molecular weight is 241 g/mol. The van der Waals surface area contributed by atoms with Gasteiger partial charge in [-0.1, -0.05) is 0 Å². The van der Waals surface area contributed by atoms with Crippen molar-refractivity contribution in [3.63, 3.8) is 0 Å². The minimum Gasteiger partial charge on any atom is -0.305 e. The lowest BCUT2D eigenvalue weighted by molar-refractivity contribution is 0.629. The third-order valence-electron chi connectivity index (χ3n) is 2.63. The number of aromatic amines is 1. The van der Waals surface area contributed by atoms with Crippen molar-refractivity contribution in [2.75, 3.05) is 0 Å². The maximum absolute atomic E-state index is 13.3. The van der Waals surface area contributed by atoms with Gasteiger partial charge in [-0.15, -0.1) is 0 Å². The van der Waals surface area contributed by atoms with Crippen molar-refractivity contribution in [3.8, 4) is 11.3 Å². The van der Waals surface area contributed by atoms with E-state index in [0.717, 1.165) is 0 Å². The Morgan fingerprint density at radius 1 is 1.22 bits per heavy atom. The van der Waals surface area contributed by atoms with Gasteiger partial charge in [0.15, 0.2) is 0 Å². The molecule has 0 aliphatic heterocycles. The van der Waals surface area contributed by atoms with Crippen molar-refractivity contribution in [1.29, 1.82) is 0 Å². The maximum atomic E-state index is 13.3. The summed E-state index contributed by atoms with van der Waals surface area (Å²) >= 11 is 0. The van der Waals surface area contributed by atoms with E-state index in [4.69, 9.17) is 0 Å². The number of aromatic nitrogens is 3. The van der Waals surface area contributed by atoms with Crippen LogP contribution in [-0.2, 0) is 0 Å². The second-order valence-electron chi connectivity index (χ2n) is 3.82. The van der Waals surface area contributed by atoms with E-state index in [1.54, 1.807) is 24.5 Å². The summed E-state index contributed by atoms with van der Waals surface area (Å²) in [7, 11) is 0. The summed E-state index contributed by atoms with van der Waals surface area (Å²) in [6.07, 6.45) is 3.21. The Balaban J connectivity index is 2.41. The number of halogens is 1. The number of fused-ring (bicyclic) bond motifs is 1. The van der Waals surface area contributed by atoms with Crippen molar-refractivity contribution in [2.45, 2.75) is 0 Å². The number of hydrogen-bond acceptors (Lipinski definition) is 3. The molecule has 0 aliphatic rings. The molecule has 0 atom stereocenters. The van der Waals surface area contributed by atoms with E-state index in [0.29, 0.717) is 22.2 Å². The van der Waals surface area contributed by atoms with Crippen LogP contribution in [0.15, 0.2) is 47.5 Å². The highest BCUT2D eigenvalue weighted by molar-refractivity contribution is 5.91. The Morgan fingerprint density at radius 3 is 2.89 bits per heavy atom.